The summed E-state index contributed by atoms with van der Waals surface area (Å²) < 4.78 is 4.39. The van der Waals surface area contributed by atoms with Gasteiger partial charge in [0.05, 0.1) is 6.54 Å². The minimum atomic E-state index is 0.719. The molecular formula is C15H23N5. The van der Waals surface area contributed by atoms with Crippen molar-refractivity contribution in [1.82, 2.24) is 24.0 Å². The molecule has 0 amide bonds. The van der Waals surface area contributed by atoms with Crippen LogP contribution in [0.2, 0.25) is 0 Å². The van der Waals surface area contributed by atoms with E-state index in [-0.39, 0.29) is 0 Å². The Kier molecular flexibility index (Phi) is 3.87. The summed E-state index contributed by atoms with van der Waals surface area (Å²) in [7, 11) is 2.07. The average molecular weight is 273 g/mol. The minimum Gasteiger partial charge on any atom is -0.337 e. The Bertz CT molecular complexity index is 508. The molecule has 0 aromatic carbocycles. The van der Waals surface area contributed by atoms with Crippen molar-refractivity contribution in [3.05, 3.63) is 36.4 Å². The van der Waals surface area contributed by atoms with Crippen LogP contribution in [0.4, 0.5) is 0 Å². The van der Waals surface area contributed by atoms with Crippen molar-refractivity contribution in [3.63, 3.8) is 0 Å². The lowest BCUT2D eigenvalue weighted by Crippen LogP contribution is -2.37. The van der Waals surface area contributed by atoms with Crippen molar-refractivity contribution < 1.29 is 0 Å². The molecule has 1 aliphatic rings. The number of aryl methyl sites for hydroxylation is 2. The molecule has 1 aliphatic heterocycles. The first-order chi connectivity index (χ1) is 9.72. The van der Waals surface area contributed by atoms with Crippen molar-refractivity contribution in [2.75, 3.05) is 13.1 Å². The molecule has 0 saturated carbocycles. The lowest BCUT2D eigenvalue weighted by molar-refractivity contribution is 0.151. The molecule has 1 saturated heterocycles. The predicted molar refractivity (Wildman–Crippen MR) is 78.2 cm³/mol. The van der Waals surface area contributed by atoms with E-state index >= 15 is 0 Å². The van der Waals surface area contributed by atoms with Crippen LogP contribution >= 0.6 is 0 Å². The number of rotatable bonds is 4. The average Bonchev–Trinajstić information content (AvgIpc) is 3.01. The molecule has 0 radical (unpaired) electrons. The van der Waals surface area contributed by atoms with Crippen molar-refractivity contribution in [1.29, 1.82) is 0 Å². The third-order valence-electron chi connectivity index (χ3n) is 4.27. The van der Waals surface area contributed by atoms with E-state index in [2.05, 4.69) is 44.2 Å². The van der Waals surface area contributed by atoms with Gasteiger partial charge in [0.1, 0.15) is 11.6 Å². The van der Waals surface area contributed by atoms with Gasteiger partial charge >= 0.3 is 0 Å². The van der Waals surface area contributed by atoms with Gasteiger partial charge in [0, 0.05) is 44.9 Å². The molecule has 1 atom stereocenters. The Morgan fingerprint density at radius 1 is 1.25 bits per heavy atom. The van der Waals surface area contributed by atoms with Gasteiger partial charge < -0.3 is 9.13 Å². The molecule has 0 bridgehead atoms. The van der Waals surface area contributed by atoms with Crippen LogP contribution in [0.1, 0.15) is 24.5 Å². The Morgan fingerprint density at radius 3 is 2.80 bits per heavy atom. The van der Waals surface area contributed by atoms with E-state index in [1.807, 2.05) is 18.6 Å². The van der Waals surface area contributed by atoms with Crippen molar-refractivity contribution >= 4 is 0 Å². The Labute approximate surface area is 120 Å². The predicted octanol–water partition coefficient (Wildman–Crippen LogP) is 1.84. The zero-order valence-corrected chi connectivity index (χ0v) is 12.4. The molecule has 5 heteroatoms. The number of imidazole rings is 2. The molecule has 0 N–H and O–H groups in total. The van der Waals surface area contributed by atoms with Crippen LogP contribution in [0, 0.1) is 12.8 Å². The number of hydrogen-bond donors (Lipinski definition) is 0. The Hall–Kier alpha value is -1.62. The van der Waals surface area contributed by atoms with E-state index in [4.69, 9.17) is 0 Å². The zero-order chi connectivity index (χ0) is 13.9. The Balaban J connectivity index is 1.59. The fourth-order valence-corrected chi connectivity index (χ4v) is 3.07. The third-order valence-corrected chi connectivity index (χ3v) is 4.27. The summed E-state index contributed by atoms with van der Waals surface area (Å²) in [5.41, 5.74) is 0. The van der Waals surface area contributed by atoms with Crippen LogP contribution in [0.25, 0.3) is 0 Å². The highest BCUT2D eigenvalue weighted by Gasteiger charge is 2.21. The highest BCUT2D eigenvalue weighted by Crippen LogP contribution is 2.20. The quantitative estimate of drug-likeness (QED) is 0.853. The molecule has 5 nitrogen and oxygen atoms in total. The fraction of sp³-hybridized carbons (Fsp3) is 0.600. The number of nitrogens with zero attached hydrogens (tertiary/aromatic N) is 5. The van der Waals surface area contributed by atoms with Crippen LogP contribution in [-0.4, -0.2) is 37.1 Å². The van der Waals surface area contributed by atoms with Crippen molar-refractivity contribution in [2.24, 2.45) is 13.0 Å². The second kappa shape index (κ2) is 5.79. The zero-order valence-electron chi connectivity index (χ0n) is 12.4. The first kappa shape index (κ1) is 13.4. The largest absolute Gasteiger partial charge is 0.337 e. The van der Waals surface area contributed by atoms with Gasteiger partial charge in [0.15, 0.2) is 0 Å². The molecule has 0 unspecified atom stereocenters. The van der Waals surface area contributed by atoms with E-state index in [0.29, 0.717) is 0 Å². The highest BCUT2D eigenvalue weighted by molar-refractivity contribution is 4.93. The number of hydrogen-bond acceptors (Lipinski definition) is 3. The van der Waals surface area contributed by atoms with E-state index < -0.39 is 0 Å². The van der Waals surface area contributed by atoms with E-state index in [1.165, 1.54) is 19.4 Å². The van der Waals surface area contributed by atoms with Crippen LogP contribution in [0.15, 0.2) is 24.8 Å². The third kappa shape index (κ3) is 2.93. The fourth-order valence-electron chi connectivity index (χ4n) is 3.07. The maximum atomic E-state index is 4.43. The summed E-state index contributed by atoms with van der Waals surface area (Å²) in [5, 5.41) is 0. The van der Waals surface area contributed by atoms with Crippen LogP contribution < -0.4 is 0 Å². The van der Waals surface area contributed by atoms with Crippen LogP contribution in [-0.2, 0) is 20.1 Å². The monoisotopic (exact) mass is 273 g/mol. The Morgan fingerprint density at radius 2 is 2.10 bits per heavy atom. The first-order valence-corrected chi connectivity index (χ1v) is 7.38. The first-order valence-electron chi connectivity index (χ1n) is 7.38. The van der Waals surface area contributed by atoms with Gasteiger partial charge in [-0.1, -0.05) is 0 Å². The highest BCUT2D eigenvalue weighted by atomic mass is 15.2. The van der Waals surface area contributed by atoms with Crippen LogP contribution in [0.5, 0.6) is 0 Å². The summed E-state index contributed by atoms with van der Waals surface area (Å²) in [6, 6.07) is 0. The molecule has 3 heterocycles. The van der Waals surface area contributed by atoms with Crippen LogP contribution in [0.3, 0.4) is 0 Å². The number of aromatic nitrogens is 4. The molecule has 2 aromatic rings. The molecule has 0 spiro atoms. The molecular weight excluding hydrogens is 250 g/mol. The molecule has 108 valence electrons. The molecule has 1 fully saturated rings. The van der Waals surface area contributed by atoms with Gasteiger partial charge in [-0.15, -0.1) is 0 Å². The van der Waals surface area contributed by atoms with E-state index in [9.17, 15) is 0 Å². The topological polar surface area (TPSA) is 38.9 Å². The number of likely N-dealkylation sites (tertiary alicyclic amines) is 1. The molecule has 20 heavy (non-hydrogen) atoms. The van der Waals surface area contributed by atoms with Crippen molar-refractivity contribution in [2.45, 2.75) is 32.9 Å². The van der Waals surface area contributed by atoms with E-state index in [1.54, 1.807) is 0 Å². The lowest BCUT2D eigenvalue weighted by atomic mass is 9.98. The smallest absolute Gasteiger partial charge is 0.122 e. The van der Waals surface area contributed by atoms with Gasteiger partial charge in [-0.25, -0.2) is 9.97 Å². The lowest BCUT2D eigenvalue weighted by Gasteiger charge is -2.32. The number of piperidine rings is 1. The van der Waals surface area contributed by atoms with Gasteiger partial charge in [-0.2, -0.15) is 0 Å². The summed E-state index contributed by atoms with van der Waals surface area (Å²) in [6.07, 6.45) is 10.5. The van der Waals surface area contributed by atoms with Gasteiger partial charge in [0.25, 0.3) is 0 Å². The summed E-state index contributed by atoms with van der Waals surface area (Å²) in [6.45, 7) is 6.47. The maximum Gasteiger partial charge on any atom is 0.122 e. The summed E-state index contributed by atoms with van der Waals surface area (Å²) >= 11 is 0. The molecule has 3 rings (SSSR count). The minimum absolute atomic E-state index is 0.719. The van der Waals surface area contributed by atoms with Crippen molar-refractivity contribution in [3.8, 4) is 0 Å². The molecule has 0 aliphatic carbocycles. The second-order valence-electron chi connectivity index (χ2n) is 5.82. The standard InChI is InChI=1S/C15H23N5/c1-13-16-6-9-20(13)11-14-4-3-7-19(10-14)12-15-17-5-8-18(15)2/h5-6,8-9,14H,3-4,7,10-12H2,1-2H3/t14-/m0/s1. The van der Waals surface area contributed by atoms with Gasteiger partial charge in [0.2, 0.25) is 0 Å². The van der Waals surface area contributed by atoms with E-state index in [0.717, 1.165) is 37.2 Å². The SMILES string of the molecule is Cc1nccn1C[C@H]1CCCN(Cc2nccn2C)C1. The summed E-state index contributed by atoms with van der Waals surface area (Å²) in [5.74, 6) is 2.99. The van der Waals surface area contributed by atoms with Gasteiger partial charge in [-0.3, -0.25) is 4.90 Å². The maximum absolute atomic E-state index is 4.43. The second-order valence-corrected chi connectivity index (χ2v) is 5.82. The normalized spacial score (nSPS) is 20.4. The summed E-state index contributed by atoms with van der Waals surface area (Å²) in [4.78, 5) is 11.3. The molecule has 2 aromatic heterocycles. The van der Waals surface area contributed by atoms with Gasteiger partial charge in [-0.05, 0) is 32.2 Å².